The molecule has 2 saturated heterocycles. The summed E-state index contributed by atoms with van der Waals surface area (Å²) in [5.41, 5.74) is 8.63. The van der Waals surface area contributed by atoms with E-state index in [9.17, 15) is 14.4 Å². The van der Waals surface area contributed by atoms with Crippen molar-refractivity contribution in [3.8, 4) is 0 Å². The second-order valence-electron chi connectivity index (χ2n) is 9.73. The van der Waals surface area contributed by atoms with E-state index in [2.05, 4.69) is 17.2 Å². The molecule has 0 unspecified atom stereocenters. The third-order valence-electron chi connectivity index (χ3n) is 7.20. The van der Waals surface area contributed by atoms with E-state index in [0.717, 1.165) is 34.2 Å². The quantitative estimate of drug-likeness (QED) is 0.429. The lowest BCUT2D eigenvalue weighted by Gasteiger charge is -2.45. The fourth-order valence-electron chi connectivity index (χ4n) is 5.25. The molecule has 11 heteroatoms. The summed E-state index contributed by atoms with van der Waals surface area (Å²) in [4.78, 5) is 48.1. The van der Waals surface area contributed by atoms with Crippen molar-refractivity contribution in [2.75, 3.05) is 32.4 Å². The number of carbonyl (C=O) groups is 3. The Morgan fingerprint density at radius 2 is 1.97 bits per heavy atom. The number of carbonyl (C=O) groups excluding carboxylic acids is 3. The van der Waals surface area contributed by atoms with Gasteiger partial charge in [0.2, 0.25) is 11.8 Å². The molecule has 2 aliphatic rings. The molecule has 0 saturated carbocycles. The maximum atomic E-state index is 13.9. The van der Waals surface area contributed by atoms with Crippen molar-refractivity contribution in [2.24, 2.45) is 0 Å². The Morgan fingerprint density at radius 1 is 1.18 bits per heavy atom. The maximum absolute atomic E-state index is 13.9. The number of aromatic nitrogens is 1. The predicted molar refractivity (Wildman–Crippen MR) is 147 cm³/mol. The minimum absolute atomic E-state index is 0.0347. The third-order valence-corrected chi connectivity index (χ3v) is 8.05. The van der Waals surface area contributed by atoms with Gasteiger partial charge in [0.25, 0.3) is 0 Å². The highest BCUT2D eigenvalue weighted by Crippen LogP contribution is 2.32. The molecule has 4 amide bonds. The van der Waals surface area contributed by atoms with Gasteiger partial charge in [-0.3, -0.25) is 14.6 Å². The van der Waals surface area contributed by atoms with E-state index in [1.54, 1.807) is 21.9 Å². The van der Waals surface area contributed by atoms with Crippen LogP contribution >= 0.6 is 11.3 Å². The van der Waals surface area contributed by atoms with Gasteiger partial charge in [-0.2, -0.15) is 5.01 Å². The van der Waals surface area contributed by atoms with Crippen LogP contribution < -0.4 is 11.1 Å². The molecule has 38 heavy (non-hydrogen) atoms. The molecule has 0 radical (unpaired) electrons. The van der Waals surface area contributed by atoms with Crippen molar-refractivity contribution in [2.45, 2.75) is 44.9 Å². The molecule has 5 rings (SSSR count). The number of rotatable bonds is 8. The predicted octanol–water partition coefficient (Wildman–Crippen LogP) is 2.66. The number of para-hydroxylation sites is 1. The number of hydrogen-bond donors (Lipinski definition) is 2. The monoisotopic (exact) mass is 535 g/mol. The molecule has 3 aromatic rings. The minimum Gasteiger partial charge on any atom is -0.375 e. The first-order valence-corrected chi connectivity index (χ1v) is 13.7. The number of nitrogens with zero attached hydrogens (tertiary/aromatic N) is 5. The maximum Gasteiger partial charge on any atom is 0.331 e. The molecule has 2 fully saturated rings. The number of piperazine rings is 1. The Labute approximate surface area is 226 Å². The first-order valence-electron chi connectivity index (χ1n) is 12.9. The van der Waals surface area contributed by atoms with Crippen LogP contribution in [-0.2, 0) is 22.6 Å². The first kappa shape index (κ1) is 25.9. The second kappa shape index (κ2) is 11.0. The number of nitrogens with two attached hydrogens (primary N) is 1. The lowest BCUT2D eigenvalue weighted by Crippen LogP contribution is -2.65. The Kier molecular flexibility index (Phi) is 7.48. The molecule has 0 bridgehead atoms. The van der Waals surface area contributed by atoms with E-state index in [4.69, 9.17) is 5.73 Å². The minimum atomic E-state index is -0.676. The standard InChI is InChI=1S/C27H33N7O3S/c1-3-4-13-29-27(37)31(2)33-17-23(35)34-20(14-18-9-6-5-7-10-18)25(36)32(16-22(33)34)15-19-11-8-12-21-24(19)30-26(28)38-21/h5-12,20,22H,3-4,13-17H2,1-2H3,(H2,28,30)(H,29,37)/t20-,22+/m0/s1. The van der Waals surface area contributed by atoms with Crippen molar-refractivity contribution in [3.63, 3.8) is 0 Å². The smallest absolute Gasteiger partial charge is 0.331 e. The Morgan fingerprint density at radius 3 is 2.74 bits per heavy atom. The van der Waals surface area contributed by atoms with Gasteiger partial charge in [-0.25, -0.2) is 9.78 Å². The zero-order valence-corrected chi connectivity index (χ0v) is 22.5. The summed E-state index contributed by atoms with van der Waals surface area (Å²) in [5.74, 6) is -0.276. The Balaban J connectivity index is 1.45. The topological polar surface area (TPSA) is 115 Å². The number of unbranched alkanes of at least 4 members (excludes halogenated alkanes) is 1. The molecule has 1 aromatic heterocycles. The average Bonchev–Trinajstić information content (AvgIpc) is 3.46. The van der Waals surface area contributed by atoms with Crippen molar-refractivity contribution in [1.29, 1.82) is 0 Å². The highest BCUT2D eigenvalue weighted by atomic mass is 32.1. The van der Waals surface area contributed by atoms with Gasteiger partial charge in [0.15, 0.2) is 5.13 Å². The number of nitrogens with one attached hydrogen (secondary N) is 1. The summed E-state index contributed by atoms with van der Waals surface area (Å²) in [6.45, 7) is 3.28. The number of anilines is 1. The van der Waals surface area contributed by atoms with E-state index in [1.807, 2.05) is 48.5 Å². The van der Waals surface area contributed by atoms with Gasteiger partial charge in [0.05, 0.1) is 23.3 Å². The zero-order chi connectivity index (χ0) is 26.8. The van der Waals surface area contributed by atoms with Crippen LogP contribution in [0.3, 0.4) is 0 Å². The van der Waals surface area contributed by atoms with Gasteiger partial charge in [-0.1, -0.05) is 67.1 Å². The SMILES string of the molecule is CCCCNC(=O)N(C)N1CC(=O)N2[C@@H](Cc3ccccc3)C(=O)N(Cc3cccc4sc(N)nc34)C[C@@H]21. The van der Waals surface area contributed by atoms with Crippen LogP contribution in [0.15, 0.2) is 48.5 Å². The van der Waals surface area contributed by atoms with E-state index < -0.39 is 12.2 Å². The van der Waals surface area contributed by atoms with Crippen molar-refractivity contribution < 1.29 is 14.4 Å². The van der Waals surface area contributed by atoms with Crippen LogP contribution in [0.4, 0.5) is 9.93 Å². The molecular formula is C27H33N7O3S. The molecule has 2 atom stereocenters. The van der Waals surface area contributed by atoms with Gasteiger partial charge in [-0.15, -0.1) is 0 Å². The van der Waals surface area contributed by atoms with Gasteiger partial charge < -0.3 is 20.9 Å². The van der Waals surface area contributed by atoms with E-state index >= 15 is 0 Å². The largest absolute Gasteiger partial charge is 0.375 e. The Bertz CT molecular complexity index is 1330. The lowest BCUT2D eigenvalue weighted by molar-refractivity contribution is -0.157. The fraction of sp³-hybridized carbons (Fsp3) is 0.407. The molecule has 0 aliphatic carbocycles. The summed E-state index contributed by atoms with van der Waals surface area (Å²) in [6, 6.07) is 14.6. The summed E-state index contributed by atoms with van der Waals surface area (Å²) < 4.78 is 0.966. The van der Waals surface area contributed by atoms with E-state index in [1.165, 1.54) is 16.3 Å². The molecule has 0 spiro atoms. The van der Waals surface area contributed by atoms with Crippen molar-refractivity contribution >= 4 is 44.5 Å². The van der Waals surface area contributed by atoms with Crippen molar-refractivity contribution in [3.05, 3.63) is 59.7 Å². The number of urea groups is 1. The highest BCUT2D eigenvalue weighted by molar-refractivity contribution is 7.22. The summed E-state index contributed by atoms with van der Waals surface area (Å²) >= 11 is 1.41. The molecular weight excluding hydrogens is 502 g/mol. The number of nitrogen functional groups attached to an aromatic ring is 1. The average molecular weight is 536 g/mol. The third kappa shape index (κ3) is 5.03. The van der Waals surface area contributed by atoms with Crippen LogP contribution in [0.25, 0.3) is 10.2 Å². The van der Waals surface area contributed by atoms with Gasteiger partial charge in [0.1, 0.15) is 12.2 Å². The molecule has 10 nitrogen and oxygen atoms in total. The summed E-state index contributed by atoms with van der Waals surface area (Å²) in [5, 5.41) is 6.65. The van der Waals surface area contributed by atoms with Gasteiger partial charge in [0, 0.05) is 26.6 Å². The fourth-order valence-corrected chi connectivity index (χ4v) is 6.03. The summed E-state index contributed by atoms with van der Waals surface area (Å²) in [6.07, 6.45) is 1.78. The number of hydrazine groups is 1. The highest BCUT2D eigenvalue weighted by Gasteiger charge is 2.51. The molecule has 2 aliphatic heterocycles. The number of fused-ring (bicyclic) bond motifs is 2. The number of thiazole rings is 1. The van der Waals surface area contributed by atoms with Crippen LogP contribution in [0.2, 0.25) is 0 Å². The lowest BCUT2D eigenvalue weighted by atomic mass is 10.00. The van der Waals surface area contributed by atoms with Crippen LogP contribution in [0, 0.1) is 0 Å². The van der Waals surface area contributed by atoms with Crippen LogP contribution in [-0.4, -0.2) is 81.5 Å². The zero-order valence-electron chi connectivity index (χ0n) is 21.7. The van der Waals surface area contributed by atoms with Crippen LogP contribution in [0.5, 0.6) is 0 Å². The van der Waals surface area contributed by atoms with Gasteiger partial charge in [-0.05, 0) is 23.6 Å². The van der Waals surface area contributed by atoms with E-state index in [0.29, 0.717) is 24.6 Å². The normalized spacial score (nSPS) is 19.7. The molecule has 3 heterocycles. The molecule has 200 valence electrons. The Hall–Kier alpha value is -3.70. The van der Waals surface area contributed by atoms with Crippen molar-refractivity contribution in [1.82, 2.24) is 30.1 Å². The molecule has 3 N–H and O–H groups in total. The van der Waals surface area contributed by atoms with Crippen LogP contribution in [0.1, 0.15) is 30.9 Å². The number of benzene rings is 2. The first-order chi connectivity index (χ1) is 18.4. The second-order valence-corrected chi connectivity index (χ2v) is 10.8. The number of amides is 4. The number of hydrogen-bond acceptors (Lipinski definition) is 7. The molecule has 2 aromatic carbocycles. The van der Waals surface area contributed by atoms with Gasteiger partial charge >= 0.3 is 6.03 Å². The summed E-state index contributed by atoms with van der Waals surface area (Å²) in [7, 11) is 1.67. The van der Waals surface area contributed by atoms with E-state index in [-0.39, 0.29) is 30.9 Å².